The molecule has 2 unspecified atom stereocenters. The zero-order valence-electron chi connectivity index (χ0n) is 11.0. The lowest BCUT2D eigenvalue weighted by molar-refractivity contribution is -0.111. The van der Waals surface area contributed by atoms with Crippen LogP contribution in [0.5, 0.6) is 5.75 Å². The number of aliphatic hydroxyl groups excluding tert-OH is 1. The molecule has 1 spiro atoms. The van der Waals surface area contributed by atoms with E-state index in [1.807, 2.05) is 25.1 Å². The molecule has 2 aliphatic rings. The fourth-order valence-electron chi connectivity index (χ4n) is 3.17. The number of hydrogen-bond donors (Lipinski definition) is 1. The van der Waals surface area contributed by atoms with Gasteiger partial charge < -0.3 is 14.6 Å². The highest BCUT2D eigenvalue weighted by atomic mass is 16.5. The summed E-state index contributed by atoms with van der Waals surface area (Å²) in [4.78, 5) is 0. The van der Waals surface area contributed by atoms with Crippen molar-refractivity contribution in [1.82, 2.24) is 0 Å². The van der Waals surface area contributed by atoms with Crippen molar-refractivity contribution in [1.29, 1.82) is 0 Å². The fraction of sp³-hybridized carbons (Fsp3) is 0.600. The first kappa shape index (κ1) is 12.0. The predicted octanol–water partition coefficient (Wildman–Crippen LogP) is 2.75. The first-order chi connectivity index (χ1) is 8.58. The largest absolute Gasteiger partial charge is 0.487 e. The summed E-state index contributed by atoms with van der Waals surface area (Å²) >= 11 is 0. The van der Waals surface area contributed by atoms with Gasteiger partial charge in [-0.3, -0.25) is 0 Å². The first-order valence-electron chi connectivity index (χ1n) is 6.67. The average Bonchev–Trinajstić information content (AvgIpc) is 2.30. The van der Waals surface area contributed by atoms with E-state index in [1.54, 1.807) is 0 Å². The number of aryl methyl sites for hydroxylation is 1. The van der Waals surface area contributed by atoms with Gasteiger partial charge in [0.25, 0.3) is 0 Å². The van der Waals surface area contributed by atoms with Crippen LogP contribution in [-0.2, 0) is 4.74 Å². The quantitative estimate of drug-likeness (QED) is 0.767. The molecular weight excluding hydrogens is 228 g/mol. The van der Waals surface area contributed by atoms with Crippen LogP contribution in [0.25, 0.3) is 0 Å². The number of ether oxygens (including phenoxy) is 2. The van der Waals surface area contributed by atoms with Crippen molar-refractivity contribution in [3.05, 3.63) is 29.3 Å². The molecule has 1 aromatic rings. The summed E-state index contributed by atoms with van der Waals surface area (Å²) in [5.41, 5.74) is 1.85. The fourth-order valence-corrected chi connectivity index (χ4v) is 3.17. The molecular formula is C15H20O3. The smallest absolute Gasteiger partial charge is 0.125 e. The lowest BCUT2D eigenvalue weighted by Gasteiger charge is -2.44. The van der Waals surface area contributed by atoms with Crippen LogP contribution in [0, 0.1) is 6.92 Å². The Hall–Kier alpha value is -1.06. The topological polar surface area (TPSA) is 38.7 Å². The molecule has 1 N–H and O–H groups in total. The summed E-state index contributed by atoms with van der Waals surface area (Å²) < 4.78 is 11.8. The summed E-state index contributed by atoms with van der Waals surface area (Å²) in [6.45, 7) is 4.82. The molecule has 2 heterocycles. The Bertz CT molecular complexity index is 457. The van der Waals surface area contributed by atoms with Gasteiger partial charge in [-0.15, -0.1) is 0 Å². The maximum Gasteiger partial charge on any atom is 0.125 e. The van der Waals surface area contributed by atoms with Gasteiger partial charge in [-0.2, -0.15) is 0 Å². The Labute approximate surface area is 108 Å². The third-order valence-electron chi connectivity index (χ3n) is 4.04. The molecule has 0 saturated carbocycles. The average molecular weight is 248 g/mol. The van der Waals surface area contributed by atoms with Crippen LogP contribution in [0.3, 0.4) is 0 Å². The summed E-state index contributed by atoms with van der Waals surface area (Å²) in [7, 11) is 0. The van der Waals surface area contributed by atoms with Crippen LogP contribution in [0.15, 0.2) is 18.2 Å². The monoisotopic (exact) mass is 248 g/mol. The van der Waals surface area contributed by atoms with Crippen molar-refractivity contribution >= 4 is 0 Å². The van der Waals surface area contributed by atoms with E-state index in [0.29, 0.717) is 6.42 Å². The molecule has 0 radical (unpaired) electrons. The Morgan fingerprint density at radius 2 is 2.17 bits per heavy atom. The molecule has 0 aromatic heterocycles. The van der Waals surface area contributed by atoms with E-state index < -0.39 is 6.10 Å². The molecule has 1 aromatic carbocycles. The highest BCUT2D eigenvalue weighted by Crippen LogP contribution is 2.45. The number of benzene rings is 1. The van der Waals surface area contributed by atoms with E-state index in [2.05, 4.69) is 6.92 Å². The highest BCUT2D eigenvalue weighted by molar-refractivity contribution is 5.41. The van der Waals surface area contributed by atoms with Crippen molar-refractivity contribution in [3.8, 4) is 5.75 Å². The van der Waals surface area contributed by atoms with Crippen molar-refractivity contribution in [2.24, 2.45) is 0 Å². The summed E-state index contributed by atoms with van der Waals surface area (Å²) in [6.07, 6.45) is 2.19. The normalized spacial score (nSPS) is 35.1. The predicted molar refractivity (Wildman–Crippen MR) is 68.8 cm³/mol. The maximum absolute atomic E-state index is 10.4. The van der Waals surface area contributed by atoms with Gasteiger partial charge in [-0.1, -0.05) is 11.6 Å². The summed E-state index contributed by atoms with van der Waals surface area (Å²) in [5, 5.41) is 10.4. The molecule has 0 amide bonds. The van der Waals surface area contributed by atoms with Crippen molar-refractivity contribution in [3.63, 3.8) is 0 Å². The van der Waals surface area contributed by atoms with Crippen LogP contribution in [0.4, 0.5) is 0 Å². The first-order valence-corrected chi connectivity index (χ1v) is 6.67. The molecule has 0 aliphatic carbocycles. The Balaban J connectivity index is 1.93. The van der Waals surface area contributed by atoms with Crippen LogP contribution in [0.2, 0.25) is 0 Å². The minimum absolute atomic E-state index is 0.206. The molecule has 2 aliphatic heterocycles. The van der Waals surface area contributed by atoms with Gasteiger partial charge >= 0.3 is 0 Å². The van der Waals surface area contributed by atoms with Gasteiger partial charge in [0.05, 0.1) is 18.8 Å². The molecule has 98 valence electrons. The van der Waals surface area contributed by atoms with Crippen LogP contribution in [0.1, 0.15) is 43.4 Å². The van der Waals surface area contributed by atoms with Crippen LogP contribution >= 0.6 is 0 Å². The van der Waals surface area contributed by atoms with Gasteiger partial charge in [0.1, 0.15) is 11.4 Å². The van der Waals surface area contributed by atoms with Crippen LogP contribution < -0.4 is 4.74 Å². The highest BCUT2D eigenvalue weighted by Gasteiger charge is 2.43. The van der Waals surface area contributed by atoms with E-state index >= 15 is 0 Å². The lowest BCUT2D eigenvalue weighted by Crippen LogP contribution is -2.47. The van der Waals surface area contributed by atoms with E-state index in [9.17, 15) is 5.11 Å². The minimum Gasteiger partial charge on any atom is -0.487 e. The maximum atomic E-state index is 10.4. The van der Waals surface area contributed by atoms with Gasteiger partial charge in [-0.05, 0) is 26.0 Å². The van der Waals surface area contributed by atoms with Gasteiger partial charge in [0, 0.05) is 24.8 Å². The van der Waals surface area contributed by atoms with Crippen molar-refractivity contribution in [2.75, 3.05) is 6.61 Å². The number of rotatable bonds is 0. The lowest BCUT2D eigenvalue weighted by atomic mass is 9.81. The third kappa shape index (κ3) is 2.02. The molecule has 3 rings (SSSR count). The molecule has 3 nitrogen and oxygen atoms in total. The second-order valence-electron chi connectivity index (χ2n) is 5.68. The number of aliphatic hydroxyl groups is 1. The standard InChI is InChI=1S/C15H20O3/c1-10-3-4-14-12(7-10)13(16)9-15(18-14)5-6-17-11(2)8-15/h3-4,7,11,13,16H,5-6,8-9H2,1-2H3/t11?,13-,15?/m0/s1. The minimum atomic E-state index is -0.418. The number of hydrogen-bond acceptors (Lipinski definition) is 3. The zero-order valence-corrected chi connectivity index (χ0v) is 11.0. The van der Waals surface area contributed by atoms with Crippen molar-refractivity contribution in [2.45, 2.75) is 50.9 Å². The Kier molecular flexibility index (Phi) is 2.83. The Morgan fingerprint density at radius 1 is 1.33 bits per heavy atom. The Morgan fingerprint density at radius 3 is 2.94 bits per heavy atom. The van der Waals surface area contributed by atoms with Gasteiger partial charge in [-0.25, -0.2) is 0 Å². The zero-order chi connectivity index (χ0) is 12.8. The van der Waals surface area contributed by atoms with E-state index in [4.69, 9.17) is 9.47 Å². The molecule has 0 bridgehead atoms. The summed E-state index contributed by atoms with van der Waals surface area (Å²) in [6, 6.07) is 6.04. The SMILES string of the molecule is Cc1ccc2c(c1)[C@@H](O)CC1(CCOC(C)C1)O2. The van der Waals surface area contributed by atoms with E-state index in [-0.39, 0.29) is 11.7 Å². The van der Waals surface area contributed by atoms with E-state index in [0.717, 1.165) is 36.3 Å². The molecule has 18 heavy (non-hydrogen) atoms. The molecule has 1 fully saturated rings. The summed E-state index contributed by atoms with van der Waals surface area (Å²) in [5.74, 6) is 0.841. The van der Waals surface area contributed by atoms with E-state index in [1.165, 1.54) is 0 Å². The van der Waals surface area contributed by atoms with Crippen LogP contribution in [-0.4, -0.2) is 23.4 Å². The van der Waals surface area contributed by atoms with Gasteiger partial charge in [0.2, 0.25) is 0 Å². The second kappa shape index (κ2) is 4.25. The second-order valence-corrected chi connectivity index (χ2v) is 5.68. The number of fused-ring (bicyclic) bond motifs is 1. The van der Waals surface area contributed by atoms with Gasteiger partial charge in [0.15, 0.2) is 0 Å². The van der Waals surface area contributed by atoms with Crippen molar-refractivity contribution < 1.29 is 14.6 Å². The third-order valence-corrected chi connectivity index (χ3v) is 4.04. The molecule has 3 atom stereocenters. The molecule has 3 heteroatoms. The molecule has 1 saturated heterocycles.